The molecule has 0 aliphatic carbocycles. The molecule has 4 aromatic rings. The maximum atomic E-state index is 13.1. The third-order valence-electron chi connectivity index (χ3n) is 5.78. The van der Waals surface area contributed by atoms with Crippen LogP contribution in [0.2, 0.25) is 0 Å². The predicted octanol–water partition coefficient (Wildman–Crippen LogP) is 1.51. The van der Waals surface area contributed by atoms with Crippen LogP contribution in [0.15, 0.2) is 72.0 Å². The minimum Gasteiger partial charge on any atom is -0.389 e. The van der Waals surface area contributed by atoms with Crippen molar-refractivity contribution in [3.63, 3.8) is 0 Å². The van der Waals surface area contributed by atoms with Gasteiger partial charge in [0.2, 0.25) is 0 Å². The van der Waals surface area contributed by atoms with E-state index in [0.717, 1.165) is 11.3 Å². The van der Waals surface area contributed by atoms with Crippen LogP contribution in [-0.4, -0.2) is 55.7 Å². The highest BCUT2D eigenvalue weighted by atomic mass is 16.5. The lowest BCUT2D eigenvalue weighted by molar-refractivity contribution is -0.0260. The Kier molecular flexibility index (Phi) is 5.72. The molecule has 0 bridgehead atoms. The number of carbonyl (C=O) groups excluding carboxylic acids is 1. The Morgan fingerprint density at radius 3 is 2.79 bits per heavy atom. The second-order valence-electron chi connectivity index (χ2n) is 8.00. The van der Waals surface area contributed by atoms with Gasteiger partial charge < -0.3 is 19.7 Å². The van der Waals surface area contributed by atoms with Crippen molar-refractivity contribution in [2.24, 2.45) is 0 Å². The molecule has 2 atom stereocenters. The number of hydrogen-bond donors (Lipinski definition) is 2. The fraction of sp³-hybridized carbons (Fsp3) is 0.250. The molecule has 9 nitrogen and oxygen atoms in total. The average Bonchev–Trinajstić information content (AvgIpc) is 3.38. The number of hydrogen-bond acceptors (Lipinski definition) is 6. The zero-order valence-electron chi connectivity index (χ0n) is 17.8. The van der Waals surface area contributed by atoms with Crippen molar-refractivity contribution in [3.8, 4) is 5.69 Å². The Morgan fingerprint density at radius 1 is 1.18 bits per heavy atom. The summed E-state index contributed by atoms with van der Waals surface area (Å²) < 4.78 is 8.51. The van der Waals surface area contributed by atoms with Gasteiger partial charge in [-0.3, -0.25) is 14.6 Å². The fourth-order valence-corrected chi connectivity index (χ4v) is 4.02. The lowest BCUT2D eigenvalue weighted by Crippen LogP contribution is -2.48. The summed E-state index contributed by atoms with van der Waals surface area (Å²) in [6, 6.07) is 12.5. The van der Waals surface area contributed by atoms with Crippen molar-refractivity contribution >= 4 is 16.8 Å². The normalized spacial score (nSPS) is 18.3. The number of amides is 1. The summed E-state index contributed by atoms with van der Waals surface area (Å²) in [5, 5.41) is 17.6. The second-order valence-corrected chi connectivity index (χ2v) is 8.00. The Labute approximate surface area is 189 Å². The highest BCUT2D eigenvalue weighted by Crippen LogP contribution is 2.16. The molecule has 0 unspecified atom stereocenters. The number of rotatable bonds is 5. The maximum absolute atomic E-state index is 13.1. The van der Waals surface area contributed by atoms with Gasteiger partial charge in [0.05, 0.1) is 47.5 Å². The van der Waals surface area contributed by atoms with Crippen LogP contribution in [0.1, 0.15) is 22.3 Å². The largest absolute Gasteiger partial charge is 0.389 e. The Bertz CT molecular complexity index is 1330. The molecule has 168 valence electrons. The molecule has 1 amide bonds. The molecule has 0 radical (unpaired) electrons. The highest BCUT2D eigenvalue weighted by molar-refractivity contribution is 6.05. The minimum absolute atomic E-state index is 0.179. The Morgan fingerprint density at radius 2 is 2.03 bits per heavy atom. The van der Waals surface area contributed by atoms with Crippen LogP contribution in [-0.2, 0) is 11.3 Å². The van der Waals surface area contributed by atoms with Crippen molar-refractivity contribution in [2.75, 3.05) is 13.2 Å². The number of nitrogens with zero attached hydrogens (tertiary/aromatic N) is 4. The van der Waals surface area contributed by atoms with E-state index in [0.29, 0.717) is 30.5 Å². The van der Waals surface area contributed by atoms with Crippen molar-refractivity contribution in [2.45, 2.75) is 25.1 Å². The van der Waals surface area contributed by atoms with Crippen LogP contribution in [0.5, 0.6) is 0 Å². The zero-order chi connectivity index (χ0) is 22.8. The smallest absolute Gasteiger partial charge is 0.260 e. The lowest BCUT2D eigenvalue weighted by Gasteiger charge is -2.28. The summed E-state index contributed by atoms with van der Waals surface area (Å²) in [4.78, 5) is 30.6. The third-order valence-corrected chi connectivity index (χ3v) is 5.78. The molecule has 33 heavy (non-hydrogen) atoms. The molecule has 3 aromatic heterocycles. The van der Waals surface area contributed by atoms with Crippen LogP contribution < -0.4 is 10.9 Å². The first-order valence-electron chi connectivity index (χ1n) is 10.7. The maximum Gasteiger partial charge on any atom is 0.260 e. The molecule has 0 spiro atoms. The van der Waals surface area contributed by atoms with Gasteiger partial charge in [0.15, 0.2) is 0 Å². The quantitative estimate of drug-likeness (QED) is 0.482. The standard InChI is InChI=1S/C24H23N5O4/c30-21-15-33-12-8-20(21)27-23(31)19-14-28(24(32)18-3-1-9-25-22(18)19)13-16-4-6-17(7-5-16)29-11-2-10-26-29/h1-7,9-11,14,20-21,30H,8,12-13,15H2,(H,27,31)/t20-,21-/m0/s1. The van der Waals surface area contributed by atoms with Crippen LogP contribution >= 0.6 is 0 Å². The number of carbonyl (C=O) groups is 1. The lowest BCUT2D eigenvalue weighted by atomic mass is 10.1. The van der Waals surface area contributed by atoms with Gasteiger partial charge in [-0.2, -0.15) is 5.10 Å². The van der Waals surface area contributed by atoms with E-state index >= 15 is 0 Å². The van der Waals surface area contributed by atoms with E-state index < -0.39 is 12.1 Å². The summed E-state index contributed by atoms with van der Waals surface area (Å²) in [6.07, 6.45) is 6.40. The van der Waals surface area contributed by atoms with Crippen molar-refractivity contribution < 1.29 is 14.6 Å². The predicted molar refractivity (Wildman–Crippen MR) is 121 cm³/mol. The van der Waals surface area contributed by atoms with Gasteiger partial charge >= 0.3 is 0 Å². The van der Waals surface area contributed by atoms with Crippen molar-refractivity contribution in [3.05, 3.63) is 88.7 Å². The second kappa shape index (κ2) is 8.97. The molecule has 1 saturated heterocycles. The molecule has 1 aliphatic heterocycles. The summed E-state index contributed by atoms with van der Waals surface area (Å²) >= 11 is 0. The van der Waals surface area contributed by atoms with Crippen molar-refractivity contribution in [1.82, 2.24) is 24.6 Å². The van der Waals surface area contributed by atoms with E-state index in [1.165, 1.54) is 4.57 Å². The van der Waals surface area contributed by atoms with E-state index in [1.807, 2.05) is 36.5 Å². The number of pyridine rings is 2. The number of benzene rings is 1. The highest BCUT2D eigenvalue weighted by Gasteiger charge is 2.27. The Balaban J connectivity index is 1.47. The summed E-state index contributed by atoms with van der Waals surface area (Å²) in [5.74, 6) is -0.382. The van der Waals surface area contributed by atoms with E-state index in [-0.39, 0.29) is 23.6 Å². The molecule has 1 aromatic carbocycles. The van der Waals surface area contributed by atoms with Gasteiger partial charge in [-0.1, -0.05) is 12.1 Å². The monoisotopic (exact) mass is 445 g/mol. The summed E-state index contributed by atoms with van der Waals surface area (Å²) in [7, 11) is 0. The fourth-order valence-electron chi connectivity index (χ4n) is 4.02. The minimum atomic E-state index is -0.777. The van der Waals surface area contributed by atoms with Gasteiger partial charge in [-0.05, 0) is 42.3 Å². The molecule has 9 heteroatoms. The first-order valence-corrected chi connectivity index (χ1v) is 10.7. The number of aliphatic hydroxyl groups excluding tert-OH is 1. The van der Waals surface area contributed by atoms with E-state index in [2.05, 4.69) is 15.4 Å². The van der Waals surface area contributed by atoms with E-state index in [1.54, 1.807) is 35.4 Å². The third kappa shape index (κ3) is 4.28. The number of fused-ring (bicyclic) bond motifs is 1. The van der Waals surface area contributed by atoms with E-state index in [9.17, 15) is 14.7 Å². The van der Waals surface area contributed by atoms with Crippen LogP contribution in [0.3, 0.4) is 0 Å². The van der Waals surface area contributed by atoms with Gasteiger partial charge in [-0.25, -0.2) is 4.68 Å². The van der Waals surface area contributed by atoms with Gasteiger partial charge in [0, 0.05) is 31.4 Å². The first kappa shape index (κ1) is 21.0. The van der Waals surface area contributed by atoms with Crippen LogP contribution in [0, 0.1) is 0 Å². The van der Waals surface area contributed by atoms with Gasteiger partial charge in [-0.15, -0.1) is 0 Å². The van der Waals surface area contributed by atoms with Crippen LogP contribution in [0.4, 0.5) is 0 Å². The number of ether oxygens (including phenoxy) is 1. The molecule has 5 rings (SSSR count). The van der Waals surface area contributed by atoms with E-state index in [4.69, 9.17) is 4.74 Å². The molecular weight excluding hydrogens is 422 g/mol. The molecular formula is C24H23N5O4. The molecule has 1 fully saturated rings. The first-order chi connectivity index (χ1) is 16.1. The average molecular weight is 445 g/mol. The number of aromatic nitrogens is 4. The van der Waals surface area contributed by atoms with Gasteiger partial charge in [0.1, 0.15) is 0 Å². The molecule has 0 saturated carbocycles. The summed E-state index contributed by atoms with van der Waals surface area (Å²) in [6.45, 7) is 0.941. The molecule has 4 heterocycles. The topological polar surface area (TPSA) is 111 Å². The summed E-state index contributed by atoms with van der Waals surface area (Å²) in [5.41, 5.74) is 2.22. The zero-order valence-corrected chi connectivity index (χ0v) is 17.8. The molecule has 2 N–H and O–H groups in total. The SMILES string of the molecule is O=C(N[C@H]1CCOC[C@@H]1O)c1cn(Cc2ccc(-n3cccn3)cc2)c(=O)c2cccnc12. The Hall–Kier alpha value is -3.82. The number of aliphatic hydroxyl groups is 1. The number of nitrogens with one attached hydrogen (secondary N) is 1. The van der Waals surface area contributed by atoms with Gasteiger partial charge in [0.25, 0.3) is 11.5 Å². The van der Waals surface area contributed by atoms with Crippen LogP contribution in [0.25, 0.3) is 16.6 Å². The molecule has 1 aliphatic rings. The van der Waals surface area contributed by atoms with Crippen molar-refractivity contribution in [1.29, 1.82) is 0 Å².